The Bertz CT molecular complexity index is 528. The number of hydrogen-bond donors (Lipinski definition) is 1. The number of carbonyl (C=O) groups is 1. The van der Waals surface area contributed by atoms with E-state index in [0.717, 1.165) is 5.82 Å². The second kappa shape index (κ2) is 3.76. The Morgan fingerprint density at radius 2 is 2.31 bits per heavy atom. The first-order valence-corrected chi connectivity index (χ1v) is 4.69. The van der Waals surface area contributed by atoms with Gasteiger partial charge in [-0.3, -0.25) is 0 Å². The molecular weight excluding hydrogens is 210 g/mol. The average Bonchev–Trinajstić information content (AvgIpc) is 2.76. The highest BCUT2D eigenvalue weighted by Crippen LogP contribution is 2.06. The van der Waals surface area contributed by atoms with Crippen LogP contribution in [0.4, 0.5) is 0 Å². The minimum Gasteiger partial charge on any atom is -0.476 e. The molecule has 0 fully saturated rings. The van der Waals surface area contributed by atoms with Gasteiger partial charge in [0.05, 0.1) is 5.69 Å². The summed E-state index contributed by atoms with van der Waals surface area (Å²) in [5.74, 6) is -0.270. The molecule has 2 heterocycles. The number of aromatic carboxylic acids is 1. The SMILES string of the molecule is Cc1c(C(=O)O)nnn1Cc1nccn1C. The molecule has 0 aliphatic rings. The normalized spacial score (nSPS) is 10.6. The fourth-order valence-electron chi connectivity index (χ4n) is 1.39. The van der Waals surface area contributed by atoms with Crippen molar-refractivity contribution in [3.05, 3.63) is 29.6 Å². The van der Waals surface area contributed by atoms with Crippen molar-refractivity contribution in [3.8, 4) is 0 Å². The van der Waals surface area contributed by atoms with Gasteiger partial charge in [-0.2, -0.15) is 0 Å². The lowest BCUT2D eigenvalue weighted by Gasteiger charge is -2.03. The number of aryl methyl sites for hydroxylation is 1. The zero-order valence-electron chi connectivity index (χ0n) is 8.95. The van der Waals surface area contributed by atoms with Crippen molar-refractivity contribution < 1.29 is 9.90 Å². The Labute approximate surface area is 91.3 Å². The predicted molar refractivity (Wildman–Crippen MR) is 54.0 cm³/mol. The van der Waals surface area contributed by atoms with Crippen LogP contribution in [0, 0.1) is 6.92 Å². The van der Waals surface area contributed by atoms with Crippen LogP contribution in [0.3, 0.4) is 0 Å². The van der Waals surface area contributed by atoms with Gasteiger partial charge in [-0.25, -0.2) is 14.5 Å². The van der Waals surface area contributed by atoms with Crippen LogP contribution in [0.5, 0.6) is 0 Å². The Morgan fingerprint density at radius 3 is 2.81 bits per heavy atom. The lowest BCUT2D eigenvalue weighted by Crippen LogP contribution is -2.09. The van der Waals surface area contributed by atoms with Crippen molar-refractivity contribution in [2.24, 2.45) is 7.05 Å². The van der Waals surface area contributed by atoms with E-state index < -0.39 is 5.97 Å². The molecule has 0 spiro atoms. The molecule has 0 aliphatic heterocycles. The number of rotatable bonds is 3. The summed E-state index contributed by atoms with van der Waals surface area (Å²) in [6, 6.07) is 0. The van der Waals surface area contributed by atoms with Gasteiger partial charge in [0.25, 0.3) is 0 Å². The number of imidazole rings is 1. The van der Waals surface area contributed by atoms with Crippen LogP contribution in [0.15, 0.2) is 12.4 Å². The summed E-state index contributed by atoms with van der Waals surface area (Å²) in [4.78, 5) is 14.9. The van der Waals surface area contributed by atoms with Crippen LogP contribution in [0.1, 0.15) is 22.0 Å². The molecule has 0 unspecified atom stereocenters. The summed E-state index contributed by atoms with van der Waals surface area (Å²) in [6.07, 6.45) is 3.50. The van der Waals surface area contributed by atoms with Crippen LogP contribution < -0.4 is 0 Å². The molecule has 84 valence electrons. The van der Waals surface area contributed by atoms with E-state index in [1.165, 1.54) is 4.68 Å². The topological polar surface area (TPSA) is 85.8 Å². The van der Waals surface area contributed by atoms with Crippen molar-refractivity contribution in [3.63, 3.8) is 0 Å². The highest BCUT2D eigenvalue weighted by Gasteiger charge is 2.15. The monoisotopic (exact) mass is 221 g/mol. The van der Waals surface area contributed by atoms with Crippen molar-refractivity contribution in [1.82, 2.24) is 24.5 Å². The summed E-state index contributed by atoms with van der Waals surface area (Å²) >= 11 is 0. The zero-order valence-corrected chi connectivity index (χ0v) is 8.95. The van der Waals surface area contributed by atoms with Crippen molar-refractivity contribution >= 4 is 5.97 Å². The van der Waals surface area contributed by atoms with Crippen LogP contribution in [0.25, 0.3) is 0 Å². The fourth-order valence-corrected chi connectivity index (χ4v) is 1.39. The summed E-state index contributed by atoms with van der Waals surface area (Å²) in [7, 11) is 1.87. The molecule has 0 amide bonds. The Balaban J connectivity index is 2.29. The lowest BCUT2D eigenvalue weighted by atomic mass is 10.3. The molecule has 0 aromatic carbocycles. The number of carboxylic acid groups (broad SMARTS) is 1. The molecule has 0 saturated heterocycles. The van der Waals surface area contributed by atoms with Gasteiger partial charge in [0.2, 0.25) is 0 Å². The third kappa shape index (κ3) is 1.67. The molecule has 2 aromatic heterocycles. The first-order valence-electron chi connectivity index (χ1n) is 4.69. The summed E-state index contributed by atoms with van der Waals surface area (Å²) in [5.41, 5.74) is 0.504. The van der Waals surface area contributed by atoms with E-state index in [0.29, 0.717) is 12.2 Å². The zero-order chi connectivity index (χ0) is 11.7. The van der Waals surface area contributed by atoms with Crippen molar-refractivity contribution in [2.75, 3.05) is 0 Å². The maximum absolute atomic E-state index is 10.8. The molecular formula is C9H11N5O2. The van der Waals surface area contributed by atoms with Crippen LogP contribution >= 0.6 is 0 Å². The minimum absolute atomic E-state index is 0.0193. The van der Waals surface area contributed by atoms with Crippen LogP contribution in [-0.4, -0.2) is 35.6 Å². The van der Waals surface area contributed by atoms with E-state index >= 15 is 0 Å². The maximum atomic E-state index is 10.8. The first-order chi connectivity index (χ1) is 7.59. The number of aromatic nitrogens is 5. The quantitative estimate of drug-likeness (QED) is 0.792. The Kier molecular flexibility index (Phi) is 2.43. The molecule has 0 atom stereocenters. The van der Waals surface area contributed by atoms with Crippen molar-refractivity contribution in [1.29, 1.82) is 0 Å². The Morgan fingerprint density at radius 1 is 1.56 bits per heavy atom. The number of carboxylic acids is 1. The molecule has 0 bridgehead atoms. The number of hydrogen-bond acceptors (Lipinski definition) is 4. The molecule has 7 nitrogen and oxygen atoms in total. The highest BCUT2D eigenvalue weighted by atomic mass is 16.4. The summed E-state index contributed by atoms with van der Waals surface area (Å²) in [6.45, 7) is 2.09. The van der Waals surface area contributed by atoms with Gasteiger partial charge in [0.15, 0.2) is 5.69 Å². The van der Waals surface area contributed by atoms with Crippen LogP contribution in [-0.2, 0) is 13.6 Å². The Hall–Kier alpha value is -2.18. The van der Waals surface area contributed by atoms with E-state index in [1.807, 2.05) is 17.8 Å². The smallest absolute Gasteiger partial charge is 0.358 e. The predicted octanol–water partition coefficient (Wildman–Crippen LogP) is 0.0665. The third-order valence-electron chi connectivity index (χ3n) is 2.40. The van der Waals surface area contributed by atoms with E-state index in [-0.39, 0.29) is 5.69 Å². The van der Waals surface area contributed by atoms with Gasteiger partial charge in [0, 0.05) is 19.4 Å². The molecule has 7 heteroatoms. The lowest BCUT2D eigenvalue weighted by molar-refractivity contribution is 0.0689. The van der Waals surface area contributed by atoms with Gasteiger partial charge in [-0.15, -0.1) is 5.10 Å². The van der Waals surface area contributed by atoms with Crippen molar-refractivity contribution in [2.45, 2.75) is 13.5 Å². The van der Waals surface area contributed by atoms with Gasteiger partial charge in [0.1, 0.15) is 12.4 Å². The first kappa shape index (κ1) is 10.3. The van der Waals surface area contributed by atoms with Gasteiger partial charge in [-0.1, -0.05) is 5.21 Å². The molecule has 2 rings (SSSR count). The molecule has 0 saturated carbocycles. The van der Waals surface area contributed by atoms with E-state index in [4.69, 9.17) is 5.11 Å². The van der Waals surface area contributed by atoms with Gasteiger partial charge >= 0.3 is 5.97 Å². The highest BCUT2D eigenvalue weighted by molar-refractivity contribution is 5.86. The van der Waals surface area contributed by atoms with Crippen LogP contribution in [0.2, 0.25) is 0 Å². The number of nitrogens with zero attached hydrogens (tertiary/aromatic N) is 5. The summed E-state index contributed by atoms with van der Waals surface area (Å²) in [5, 5.41) is 16.2. The summed E-state index contributed by atoms with van der Waals surface area (Å²) < 4.78 is 3.37. The largest absolute Gasteiger partial charge is 0.476 e. The van der Waals surface area contributed by atoms with Gasteiger partial charge < -0.3 is 9.67 Å². The maximum Gasteiger partial charge on any atom is 0.358 e. The minimum atomic E-state index is -1.07. The van der Waals surface area contributed by atoms with E-state index in [1.54, 1.807) is 13.1 Å². The molecule has 1 N–H and O–H groups in total. The third-order valence-corrected chi connectivity index (χ3v) is 2.40. The standard InChI is InChI=1S/C9H11N5O2/c1-6-8(9(15)16)11-12-14(6)5-7-10-3-4-13(7)2/h3-4H,5H2,1-2H3,(H,15,16). The molecule has 2 aromatic rings. The van der Waals surface area contributed by atoms with Gasteiger partial charge in [-0.05, 0) is 6.92 Å². The fraction of sp³-hybridized carbons (Fsp3) is 0.333. The second-order valence-electron chi connectivity index (χ2n) is 3.44. The van der Waals surface area contributed by atoms with E-state index in [2.05, 4.69) is 15.3 Å². The average molecular weight is 221 g/mol. The molecule has 0 aliphatic carbocycles. The van der Waals surface area contributed by atoms with E-state index in [9.17, 15) is 4.79 Å². The molecule has 16 heavy (non-hydrogen) atoms. The second-order valence-corrected chi connectivity index (χ2v) is 3.44. The molecule has 0 radical (unpaired) electrons.